The van der Waals surface area contributed by atoms with E-state index in [1.165, 1.54) is 12.1 Å². The molecule has 0 saturated heterocycles. The molecule has 8 nitrogen and oxygen atoms in total. The molecule has 27 heavy (non-hydrogen) atoms. The van der Waals surface area contributed by atoms with E-state index in [9.17, 15) is 24.5 Å². The van der Waals surface area contributed by atoms with Crippen LogP contribution in [0.3, 0.4) is 0 Å². The zero-order valence-electron chi connectivity index (χ0n) is 14.0. The number of carbonyl (C=O) groups excluding carboxylic acids is 3. The summed E-state index contributed by atoms with van der Waals surface area (Å²) in [6.07, 6.45) is 0.336. The normalized spacial score (nSPS) is 12.9. The first-order valence-corrected chi connectivity index (χ1v) is 8.45. The van der Waals surface area contributed by atoms with Gasteiger partial charge in [0.05, 0.1) is 26.8 Å². The summed E-state index contributed by atoms with van der Waals surface area (Å²) < 4.78 is 0. The fourth-order valence-corrected chi connectivity index (χ4v) is 2.99. The van der Waals surface area contributed by atoms with Crippen LogP contribution in [0.25, 0.3) is 0 Å². The van der Waals surface area contributed by atoms with Gasteiger partial charge >= 0.3 is 0 Å². The Balaban J connectivity index is 1.54. The van der Waals surface area contributed by atoms with Gasteiger partial charge in [-0.3, -0.25) is 29.4 Å². The molecule has 1 aliphatic rings. The monoisotopic (exact) mass is 387 g/mol. The number of nitrogens with zero attached hydrogens (tertiary/aromatic N) is 2. The molecule has 0 aliphatic carbocycles. The molecular weight excluding hydrogens is 374 g/mol. The zero-order chi connectivity index (χ0) is 19.6. The summed E-state index contributed by atoms with van der Waals surface area (Å²) in [5.41, 5.74) is 0.811. The fourth-order valence-electron chi connectivity index (χ4n) is 2.77. The van der Waals surface area contributed by atoms with Gasteiger partial charge in [0.25, 0.3) is 17.5 Å². The smallest absolute Gasteiger partial charge is 0.271 e. The predicted molar refractivity (Wildman–Crippen MR) is 97.8 cm³/mol. The van der Waals surface area contributed by atoms with Crippen molar-refractivity contribution in [2.45, 2.75) is 12.8 Å². The molecule has 3 amide bonds. The van der Waals surface area contributed by atoms with E-state index in [-0.39, 0.29) is 53.5 Å². The van der Waals surface area contributed by atoms with Gasteiger partial charge in [-0.2, -0.15) is 0 Å². The number of rotatable bonds is 6. The highest BCUT2D eigenvalue weighted by molar-refractivity contribution is 6.34. The Kier molecular flexibility index (Phi) is 5.18. The number of carbonyl (C=O) groups is 3. The molecule has 0 aromatic heterocycles. The molecule has 1 aliphatic heterocycles. The van der Waals surface area contributed by atoms with Gasteiger partial charge in [0.1, 0.15) is 0 Å². The molecule has 0 spiro atoms. The van der Waals surface area contributed by atoms with Crippen LogP contribution in [0, 0.1) is 10.1 Å². The maximum absolute atomic E-state index is 12.2. The average molecular weight is 388 g/mol. The lowest BCUT2D eigenvalue weighted by Gasteiger charge is -2.13. The molecule has 0 saturated carbocycles. The van der Waals surface area contributed by atoms with E-state index < -0.39 is 4.92 Å². The Hall–Kier alpha value is -3.26. The Morgan fingerprint density at radius 3 is 2.30 bits per heavy atom. The third kappa shape index (κ3) is 3.80. The van der Waals surface area contributed by atoms with Gasteiger partial charge < -0.3 is 5.32 Å². The highest BCUT2D eigenvalue weighted by atomic mass is 35.5. The fraction of sp³-hybridized carbons (Fsp3) is 0.167. The van der Waals surface area contributed by atoms with Crippen LogP contribution in [0.15, 0.2) is 42.5 Å². The van der Waals surface area contributed by atoms with Crippen LogP contribution >= 0.6 is 11.6 Å². The standard InChI is InChI=1S/C18H14ClN3O5/c19-14-10-11(22(26)27)7-8-15(14)20-16(23)6-3-9-21-17(24)12-4-1-2-5-13(12)18(21)25/h1-2,4-5,7-8,10H,3,6,9H2,(H,20,23). The number of hydrogen-bond acceptors (Lipinski definition) is 5. The lowest BCUT2D eigenvalue weighted by molar-refractivity contribution is -0.384. The first kappa shape index (κ1) is 18.5. The van der Waals surface area contributed by atoms with Gasteiger partial charge in [-0.1, -0.05) is 23.7 Å². The number of hydrogen-bond donors (Lipinski definition) is 1. The van der Waals surface area contributed by atoms with Crippen LogP contribution in [-0.2, 0) is 4.79 Å². The van der Waals surface area contributed by atoms with E-state index >= 15 is 0 Å². The molecule has 3 rings (SSSR count). The number of anilines is 1. The van der Waals surface area contributed by atoms with Crippen molar-refractivity contribution in [3.8, 4) is 0 Å². The van der Waals surface area contributed by atoms with E-state index in [2.05, 4.69) is 5.32 Å². The lowest BCUT2D eigenvalue weighted by Crippen LogP contribution is -2.31. The Morgan fingerprint density at radius 1 is 1.11 bits per heavy atom. The number of non-ortho nitro benzene ring substituents is 1. The molecule has 2 aromatic rings. The van der Waals surface area contributed by atoms with Gasteiger partial charge in [0.15, 0.2) is 0 Å². The first-order valence-electron chi connectivity index (χ1n) is 8.07. The molecule has 138 valence electrons. The van der Waals surface area contributed by atoms with E-state index in [0.717, 1.165) is 11.0 Å². The third-order valence-corrected chi connectivity index (χ3v) is 4.41. The van der Waals surface area contributed by atoms with E-state index in [1.54, 1.807) is 24.3 Å². The number of halogens is 1. The van der Waals surface area contributed by atoms with Crippen molar-refractivity contribution in [1.82, 2.24) is 4.90 Å². The van der Waals surface area contributed by atoms with E-state index in [0.29, 0.717) is 11.1 Å². The van der Waals surface area contributed by atoms with Crippen molar-refractivity contribution < 1.29 is 19.3 Å². The summed E-state index contributed by atoms with van der Waals surface area (Å²) in [5, 5.41) is 13.3. The largest absolute Gasteiger partial charge is 0.325 e. The van der Waals surface area contributed by atoms with Crippen LogP contribution in [0.4, 0.5) is 11.4 Å². The molecule has 9 heteroatoms. The van der Waals surface area contributed by atoms with Crippen LogP contribution in [0.2, 0.25) is 5.02 Å². The number of nitro benzene ring substituents is 1. The topological polar surface area (TPSA) is 110 Å². The minimum Gasteiger partial charge on any atom is -0.325 e. The average Bonchev–Trinajstić information content (AvgIpc) is 2.88. The SMILES string of the molecule is O=C(CCCN1C(=O)c2ccccc2C1=O)Nc1ccc([N+](=O)[O-])cc1Cl. The van der Waals surface area contributed by atoms with Gasteiger partial charge in [-0.25, -0.2) is 0 Å². The van der Waals surface area contributed by atoms with Crippen molar-refractivity contribution in [2.75, 3.05) is 11.9 Å². The summed E-state index contributed by atoms with van der Waals surface area (Å²) in [6, 6.07) is 10.3. The predicted octanol–water partition coefficient (Wildman–Crippen LogP) is 3.26. The quantitative estimate of drug-likeness (QED) is 0.464. The summed E-state index contributed by atoms with van der Waals surface area (Å²) >= 11 is 5.93. The summed E-state index contributed by atoms with van der Waals surface area (Å²) in [4.78, 5) is 47.7. The van der Waals surface area contributed by atoms with Crippen molar-refractivity contribution in [2.24, 2.45) is 0 Å². The van der Waals surface area contributed by atoms with E-state index in [1.807, 2.05) is 0 Å². The van der Waals surface area contributed by atoms with Gasteiger partial charge in [0.2, 0.25) is 5.91 Å². The second-order valence-electron chi connectivity index (χ2n) is 5.88. The van der Waals surface area contributed by atoms with Crippen LogP contribution in [-0.4, -0.2) is 34.1 Å². The highest BCUT2D eigenvalue weighted by Crippen LogP contribution is 2.27. The second kappa shape index (κ2) is 7.55. The molecule has 0 fully saturated rings. The van der Waals surface area contributed by atoms with Crippen molar-refractivity contribution in [1.29, 1.82) is 0 Å². The molecule has 2 aromatic carbocycles. The molecule has 0 radical (unpaired) electrons. The minimum atomic E-state index is -0.584. The third-order valence-electron chi connectivity index (χ3n) is 4.10. The number of nitrogens with one attached hydrogen (secondary N) is 1. The molecule has 0 unspecified atom stereocenters. The number of fused-ring (bicyclic) bond motifs is 1. The molecular formula is C18H14ClN3O5. The van der Waals surface area contributed by atoms with Crippen LogP contribution < -0.4 is 5.32 Å². The van der Waals surface area contributed by atoms with Gasteiger partial charge in [-0.05, 0) is 24.6 Å². The van der Waals surface area contributed by atoms with Gasteiger partial charge in [-0.15, -0.1) is 0 Å². The first-order chi connectivity index (χ1) is 12.9. The zero-order valence-corrected chi connectivity index (χ0v) is 14.7. The van der Waals surface area contributed by atoms with Gasteiger partial charge in [0, 0.05) is 25.1 Å². The van der Waals surface area contributed by atoms with Crippen molar-refractivity contribution in [3.63, 3.8) is 0 Å². The van der Waals surface area contributed by atoms with Crippen LogP contribution in [0.5, 0.6) is 0 Å². The molecule has 1 N–H and O–H groups in total. The maximum atomic E-state index is 12.2. The molecule has 0 atom stereocenters. The Morgan fingerprint density at radius 2 is 1.74 bits per heavy atom. The summed E-state index contributed by atoms with van der Waals surface area (Å²) in [5.74, 6) is -1.11. The second-order valence-corrected chi connectivity index (χ2v) is 6.29. The summed E-state index contributed by atoms with van der Waals surface area (Å²) in [7, 11) is 0. The number of amides is 3. The lowest BCUT2D eigenvalue weighted by atomic mass is 10.1. The maximum Gasteiger partial charge on any atom is 0.271 e. The number of imide groups is 1. The Bertz CT molecular complexity index is 925. The minimum absolute atomic E-state index is 0.0536. The summed E-state index contributed by atoms with van der Waals surface area (Å²) in [6.45, 7) is 0.119. The van der Waals surface area contributed by atoms with Crippen molar-refractivity contribution >= 4 is 40.7 Å². The number of benzene rings is 2. The number of nitro groups is 1. The Labute approximate surface area is 158 Å². The highest BCUT2D eigenvalue weighted by Gasteiger charge is 2.34. The van der Waals surface area contributed by atoms with E-state index in [4.69, 9.17) is 11.6 Å². The van der Waals surface area contributed by atoms with Crippen LogP contribution in [0.1, 0.15) is 33.6 Å². The van der Waals surface area contributed by atoms with Crippen molar-refractivity contribution in [3.05, 3.63) is 68.7 Å². The molecule has 1 heterocycles. The molecule has 0 bridgehead atoms.